The normalized spacial score (nSPS) is 9.92. The first-order chi connectivity index (χ1) is 5.74. The molecule has 1 heterocycles. The van der Waals surface area contributed by atoms with E-state index in [1.165, 1.54) is 6.33 Å². The van der Waals surface area contributed by atoms with Crippen LogP contribution in [-0.2, 0) is 0 Å². The first kappa shape index (κ1) is 9.22. The molecule has 0 aliphatic carbocycles. The zero-order valence-corrected chi connectivity index (χ0v) is 7.49. The molecule has 0 aliphatic heterocycles. The summed E-state index contributed by atoms with van der Waals surface area (Å²) in [5, 5.41) is 9.06. The van der Waals surface area contributed by atoms with E-state index < -0.39 is 0 Å². The summed E-state index contributed by atoms with van der Waals surface area (Å²) in [5.74, 6) is 0.712. The van der Waals surface area contributed by atoms with E-state index in [2.05, 4.69) is 9.97 Å². The standard InChI is InChI=1S/C7H10ClN3O/c1-11(2-3-12)7-4-6(8)9-5-10-7/h4-5,12H,2-3H2,1H3. The van der Waals surface area contributed by atoms with Gasteiger partial charge in [0.2, 0.25) is 0 Å². The molecule has 1 aromatic heterocycles. The van der Waals surface area contributed by atoms with Crippen molar-refractivity contribution in [2.24, 2.45) is 0 Å². The lowest BCUT2D eigenvalue weighted by Gasteiger charge is -2.15. The molecular formula is C7H10ClN3O. The van der Waals surface area contributed by atoms with Crippen molar-refractivity contribution >= 4 is 17.4 Å². The number of aliphatic hydroxyl groups is 1. The van der Waals surface area contributed by atoms with Gasteiger partial charge in [-0.25, -0.2) is 9.97 Å². The maximum atomic E-state index is 8.65. The van der Waals surface area contributed by atoms with Crippen LogP contribution in [0.4, 0.5) is 5.82 Å². The molecule has 0 bridgehead atoms. The predicted octanol–water partition coefficient (Wildman–Crippen LogP) is 0.558. The lowest BCUT2D eigenvalue weighted by atomic mass is 10.5. The van der Waals surface area contributed by atoms with Gasteiger partial charge in [0.1, 0.15) is 17.3 Å². The van der Waals surface area contributed by atoms with Gasteiger partial charge < -0.3 is 10.0 Å². The average molecular weight is 188 g/mol. The molecule has 12 heavy (non-hydrogen) atoms. The highest BCUT2D eigenvalue weighted by Gasteiger charge is 2.01. The monoisotopic (exact) mass is 187 g/mol. The minimum atomic E-state index is 0.0954. The molecule has 0 fully saturated rings. The molecule has 0 spiro atoms. The van der Waals surface area contributed by atoms with Crippen LogP contribution >= 0.6 is 11.6 Å². The van der Waals surface area contributed by atoms with Crippen molar-refractivity contribution in [3.63, 3.8) is 0 Å². The van der Waals surface area contributed by atoms with Gasteiger partial charge in [0.05, 0.1) is 6.61 Å². The van der Waals surface area contributed by atoms with Crippen LogP contribution in [-0.4, -0.2) is 35.3 Å². The topological polar surface area (TPSA) is 49.2 Å². The van der Waals surface area contributed by atoms with Crippen molar-refractivity contribution in [3.05, 3.63) is 17.5 Å². The van der Waals surface area contributed by atoms with Gasteiger partial charge in [-0.1, -0.05) is 11.6 Å². The fourth-order valence-electron chi connectivity index (χ4n) is 0.798. The summed E-state index contributed by atoms with van der Waals surface area (Å²) in [6, 6.07) is 1.65. The molecule has 0 aliphatic rings. The van der Waals surface area contributed by atoms with Crippen LogP contribution in [0.2, 0.25) is 5.15 Å². The zero-order valence-electron chi connectivity index (χ0n) is 6.74. The quantitative estimate of drug-likeness (QED) is 0.703. The molecule has 66 valence electrons. The number of rotatable bonds is 3. The highest BCUT2D eigenvalue weighted by molar-refractivity contribution is 6.29. The zero-order chi connectivity index (χ0) is 8.97. The van der Waals surface area contributed by atoms with Gasteiger partial charge in [0, 0.05) is 19.7 Å². The lowest BCUT2D eigenvalue weighted by Crippen LogP contribution is -2.22. The summed E-state index contributed by atoms with van der Waals surface area (Å²) >= 11 is 5.65. The molecule has 0 radical (unpaired) electrons. The summed E-state index contributed by atoms with van der Waals surface area (Å²) in [7, 11) is 1.83. The largest absolute Gasteiger partial charge is 0.395 e. The van der Waals surface area contributed by atoms with E-state index in [1.807, 2.05) is 7.05 Å². The highest BCUT2D eigenvalue weighted by Crippen LogP contribution is 2.11. The third-order valence-corrected chi connectivity index (χ3v) is 1.65. The second-order valence-electron chi connectivity index (χ2n) is 2.34. The Hall–Kier alpha value is -0.870. The Balaban J connectivity index is 2.73. The Morgan fingerprint density at radius 3 is 2.92 bits per heavy atom. The van der Waals surface area contributed by atoms with E-state index >= 15 is 0 Å². The molecular weight excluding hydrogens is 178 g/mol. The Kier molecular flexibility index (Phi) is 3.25. The summed E-state index contributed by atoms with van der Waals surface area (Å²) < 4.78 is 0. The van der Waals surface area contributed by atoms with Crippen molar-refractivity contribution in [2.75, 3.05) is 25.1 Å². The van der Waals surface area contributed by atoms with Crippen LogP contribution in [0, 0.1) is 0 Å². The second kappa shape index (κ2) is 4.23. The number of anilines is 1. The fourth-order valence-corrected chi connectivity index (χ4v) is 0.939. The molecule has 5 heteroatoms. The molecule has 0 aromatic carbocycles. The smallest absolute Gasteiger partial charge is 0.134 e. The molecule has 0 amide bonds. The Labute approximate surface area is 75.8 Å². The van der Waals surface area contributed by atoms with Crippen LogP contribution in [0.1, 0.15) is 0 Å². The van der Waals surface area contributed by atoms with Crippen molar-refractivity contribution in [1.82, 2.24) is 9.97 Å². The van der Waals surface area contributed by atoms with Crippen molar-refractivity contribution < 1.29 is 5.11 Å². The minimum absolute atomic E-state index is 0.0954. The molecule has 0 atom stereocenters. The van der Waals surface area contributed by atoms with E-state index in [-0.39, 0.29) is 6.61 Å². The first-order valence-electron chi connectivity index (χ1n) is 3.53. The molecule has 0 unspecified atom stereocenters. The fraction of sp³-hybridized carbons (Fsp3) is 0.429. The minimum Gasteiger partial charge on any atom is -0.395 e. The summed E-state index contributed by atoms with van der Waals surface area (Å²) in [5.41, 5.74) is 0. The van der Waals surface area contributed by atoms with Crippen LogP contribution in [0.15, 0.2) is 12.4 Å². The summed E-state index contributed by atoms with van der Waals surface area (Å²) in [6.07, 6.45) is 1.39. The van der Waals surface area contributed by atoms with Gasteiger partial charge >= 0.3 is 0 Å². The van der Waals surface area contributed by atoms with Crippen molar-refractivity contribution in [2.45, 2.75) is 0 Å². The SMILES string of the molecule is CN(CCO)c1cc(Cl)ncn1. The van der Waals surface area contributed by atoms with Gasteiger partial charge in [-0.3, -0.25) is 0 Å². The maximum absolute atomic E-state index is 8.65. The molecule has 1 N–H and O–H groups in total. The van der Waals surface area contributed by atoms with Gasteiger partial charge in [-0.15, -0.1) is 0 Å². The highest BCUT2D eigenvalue weighted by atomic mass is 35.5. The van der Waals surface area contributed by atoms with Crippen molar-refractivity contribution in [3.8, 4) is 0 Å². The Bertz CT molecular complexity index is 256. The number of nitrogens with zero attached hydrogens (tertiary/aromatic N) is 3. The number of hydrogen-bond donors (Lipinski definition) is 1. The Morgan fingerprint density at radius 2 is 2.33 bits per heavy atom. The van der Waals surface area contributed by atoms with Crippen LogP contribution in [0.5, 0.6) is 0 Å². The van der Waals surface area contributed by atoms with E-state index in [0.29, 0.717) is 17.5 Å². The van der Waals surface area contributed by atoms with E-state index in [9.17, 15) is 0 Å². The summed E-state index contributed by atoms with van der Waals surface area (Å²) in [4.78, 5) is 9.52. The van der Waals surface area contributed by atoms with Gasteiger partial charge in [-0.05, 0) is 0 Å². The maximum Gasteiger partial charge on any atom is 0.134 e. The van der Waals surface area contributed by atoms with Crippen molar-refractivity contribution in [1.29, 1.82) is 0 Å². The number of likely N-dealkylation sites (N-methyl/N-ethyl adjacent to an activating group) is 1. The third-order valence-electron chi connectivity index (χ3n) is 1.45. The number of aliphatic hydroxyl groups excluding tert-OH is 1. The van der Waals surface area contributed by atoms with Gasteiger partial charge in [0.25, 0.3) is 0 Å². The van der Waals surface area contributed by atoms with E-state index in [0.717, 1.165) is 0 Å². The molecule has 0 saturated carbocycles. The second-order valence-corrected chi connectivity index (χ2v) is 2.73. The van der Waals surface area contributed by atoms with Crippen LogP contribution in [0.3, 0.4) is 0 Å². The van der Waals surface area contributed by atoms with E-state index in [4.69, 9.17) is 16.7 Å². The first-order valence-corrected chi connectivity index (χ1v) is 3.91. The lowest BCUT2D eigenvalue weighted by molar-refractivity contribution is 0.304. The van der Waals surface area contributed by atoms with Gasteiger partial charge in [-0.2, -0.15) is 0 Å². The number of hydrogen-bond acceptors (Lipinski definition) is 4. The van der Waals surface area contributed by atoms with Gasteiger partial charge in [0.15, 0.2) is 0 Å². The third kappa shape index (κ3) is 2.32. The number of aromatic nitrogens is 2. The number of halogens is 1. The molecule has 1 aromatic rings. The summed E-state index contributed by atoms with van der Waals surface area (Å²) in [6.45, 7) is 0.630. The Morgan fingerprint density at radius 1 is 1.58 bits per heavy atom. The van der Waals surface area contributed by atoms with Crippen LogP contribution < -0.4 is 4.90 Å². The molecule has 0 saturated heterocycles. The average Bonchev–Trinajstić information content (AvgIpc) is 2.05. The van der Waals surface area contributed by atoms with E-state index in [1.54, 1.807) is 11.0 Å². The van der Waals surface area contributed by atoms with Crippen LogP contribution in [0.25, 0.3) is 0 Å². The molecule has 1 rings (SSSR count). The predicted molar refractivity (Wildman–Crippen MR) is 47.4 cm³/mol. The molecule has 4 nitrogen and oxygen atoms in total.